The van der Waals surface area contributed by atoms with Crippen LogP contribution in [0.15, 0.2) is 62.1 Å². The Bertz CT molecular complexity index is 1070. The lowest BCUT2D eigenvalue weighted by Crippen LogP contribution is -2.01. The second kappa shape index (κ2) is 6.90. The summed E-state index contributed by atoms with van der Waals surface area (Å²) in [6.45, 7) is 2.45. The van der Waals surface area contributed by atoms with E-state index in [1.54, 1.807) is 29.2 Å². The molecule has 4 nitrogen and oxygen atoms in total. The van der Waals surface area contributed by atoms with Crippen LogP contribution >= 0.6 is 23.1 Å². The van der Waals surface area contributed by atoms with Crippen LogP contribution < -0.4 is 10.4 Å². The van der Waals surface area contributed by atoms with Crippen molar-refractivity contribution in [3.05, 3.63) is 64.5 Å². The first-order chi connectivity index (χ1) is 12.2. The smallest absolute Gasteiger partial charge is 0.336 e. The third-order valence-corrected chi connectivity index (χ3v) is 5.92. The fourth-order valence-electron chi connectivity index (χ4n) is 2.60. The SMILES string of the molecule is Cc1cc(=O)oc2cc(OCCSc3nc4ccccc4s3)ccc12. The first kappa shape index (κ1) is 16.2. The van der Waals surface area contributed by atoms with Gasteiger partial charge in [-0.25, -0.2) is 9.78 Å². The van der Waals surface area contributed by atoms with Gasteiger partial charge in [0.05, 0.1) is 16.8 Å². The van der Waals surface area contributed by atoms with Crippen LogP contribution in [0.25, 0.3) is 21.2 Å². The fraction of sp³-hybridized carbons (Fsp3) is 0.158. The molecule has 0 unspecified atom stereocenters. The van der Waals surface area contributed by atoms with Gasteiger partial charge in [0.15, 0.2) is 4.34 Å². The second-order valence-electron chi connectivity index (χ2n) is 5.55. The van der Waals surface area contributed by atoms with Crippen molar-refractivity contribution >= 4 is 44.3 Å². The largest absolute Gasteiger partial charge is 0.493 e. The van der Waals surface area contributed by atoms with Crippen molar-refractivity contribution in [2.75, 3.05) is 12.4 Å². The highest BCUT2D eigenvalue weighted by Crippen LogP contribution is 2.29. The van der Waals surface area contributed by atoms with E-state index >= 15 is 0 Å². The Labute approximate surface area is 152 Å². The van der Waals surface area contributed by atoms with E-state index < -0.39 is 0 Å². The maximum absolute atomic E-state index is 11.5. The standard InChI is InChI=1S/C19H15NO3S2/c1-12-10-18(21)23-16-11-13(6-7-14(12)16)22-8-9-24-19-20-15-4-2-3-5-17(15)25-19/h2-7,10-11H,8-9H2,1H3. The summed E-state index contributed by atoms with van der Waals surface area (Å²) in [7, 11) is 0. The Balaban J connectivity index is 1.39. The maximum Gasteiger partial charge on any atom is 0.336 e. The topological polar surface area (TPSA) is 52.3 Å². The lowest BCUT2D eigenvalue weighted by Gasteiger charge is -2.07. The molecule has 6 heteroatoms. The first-order valence-corrected chi connectivity index (χ1v) is 9.65. The van der Waals surface area contributed by atoms with E-state index in [1.807, 2.05) is 37.3 Å². The fourth-order valence-corrected chi connectivity index (χ4v) is 4.55. The highest BCUT2D eigenvalue weighted by atomic mass is 32.2. The van der Waals surface area contributed by atoms with Crippen LogP contribution in [-0.4, -0.2) is 17.3 Å². The number of aryl methyl sites for hydroxylation is 1. The Morgan fingerprint density at radius 1 is 1.20 bits per heavy atom. The van der Waals surface area contributed by atoms with Crippen molar-refractivity contribution in [3.63, 3.8) is 0 Å². The van der Waals surface area contributed by atoms with E-state index in [-0.39, 0.29) is 5.63 Å². The van der Waals surface area contributed by atoms with E-state index in [1.165, 1.54) is 10.8 Å². The number of hydrogen-bond donors (Lipinski definition) is 0. The molecule has 2 aromatic heterocycles. The van der Waals surface area contributed by atoms with Gasteiger partial charge in [-0.1, -0.05) is 23.9 Å². The third-order valence-electron chi connectivity index (χ3n) is 3.77. The number of benzene rings is 2. The van der Waals surface area contributed by atoms with E-state index in [2.05, 4.69) is 11.1 Å². The Hall–Kier alpha value is -2.31. The quantitative estimate of drug-likeness (QED) is 0.285. The summed E-state index contributed by atoms with van der Waals surface area (Å²) in [5, 5.41) is 0.927. The predicted molar refractivity (Wildman–Crippen MR) is 103 cm³/mol. The molecule has 0 N–H and O–H groups in total. The number of fused-ring (bicyclic) bond motifs is 2. The third kappa shape index (κ3) is 3.55. The lowest BCUT2D eigenvalue weighted by molar-refractivity contribution is 0.343. The molecule has 0 spiro atoms. The van der Waals surface area contributed by atoms with Crippen molar-refractivity contribution in [1.82, 2.24) is 4.98 Å². The van der Waals surface area contributed by atoms with E-state index in [9.17, 15) is 4.79 Å². The molecule has 0 radical (unpaired) electrons. The van der Waals surface area contributed by atoms with Crippen molar-refractivity contribution in [1.29, 1.82) is 0 Å². The number of aromatic nitrogens is 1. The summed E-state index contributed by atoms with van der Waals surface area (Å²) < 4.78 is 13.3. The molecule has 0 amide bonds. The number of hydrogen-bond acceptors (Lipinski definition) is 6. The van der Waals surface area contributed by atoms with Crippen LogP contribution in [0.3, 0.4) is 0 Å². The van der Waals surface area contributed by atoms with Gasteiger partial charge in [-0.05, 0) is 36.8 Å². The summed E-state index contributed by atoms with van der Waals surface area (Å²) in [6, 6.07) is 15.2. The monoisotopic (exact) mass is 369 g/mol. The molecule has 0 aliphatic heterocycles. The molecule has 0 fully saturated rings. The summed E-state index contributed by atoms with van der Waals surface area (Å²) in [5.41, 5.74) is 2.16. The summed E-state index contributed by atoms with van der Waals surface area (Å²) >= 11 is 3.38. The second-order valence-corrected chi connectivity index (χ2v) is 7.92. The van der Waals surface area contributed by atoms with Gasteiger partial charge >= 0.3 is 5.63 Å². The highest BCUT2D eigenvalue weighted by molar-refractivity contribution is 8.01. The number of thiazole rings is 1. The molecule has 0 bridgehead atoms. The molecular weight excluding hydrogens is 354 g/mol. The molecule has 0 saturated heterocycles. The van der Waals surface area contributed by atoms with Crippen LogP contribution in [0.1, 0.15) is 5.56 Å². The molecule has 2 heterocycles. The maximum atomic E-state index is 11.5. The summed E-state index contributed by atoms with van der Waals surface area (Å²) in [4.78, 5) is 16.1. The minimum Gasteiger partial charge on any atom is -0.493 e. The Morgan fingerprint density at radius 3 is 2.96 bits per heavy atom. The van der Waals surface area contributed by atoms with Crippen LogP contribution in [-0.2, 0) is 0 Å². The molecule has 126 valence electrons. The molecule has 4 rings (SSSR count). The molecule has 25 heavy (non-hydrogen) atoms. The Morgan fingerprint density at radius 2 is 2.08 bits per heavy atom. The van der Waals surface area contributed by atoms with E-state index in [0.717, 1.165) is 26.6 Å². The lowest BCUT2D eigenvalue weighted by atomic mass is 10.1. The first-order valence-electron chi connectivity index (χ1n) is 7.85. The minimum absolute atomic E-state index is 0.339. The number of ether oxygens (including phenoxy) is 1. The molecule has 0 atom stereocenters. The van der Waals surface area contributed by atoms with E-state index in [0.29, 0.717) is 17.9 Å². The van der Waals surface area contributed by atoms with Crippen LogP contribution in [0, 0.1) is 6.92 Å². The predicted octanol–water partition coefficient (Wildman–Crippen LogP) is 4.88. The van der Waals surface area contributed by atoms with Gasteiger partial charge in [0.25, 0.3) is 0 Å². The molecular formula is C19H15NO3S2. The van der Waals surface area contributed by atoms with Gasteiger partial charge in [-0.2, -0.15) is 0 Å². The van der Waals surface area contributed by atoms with Crippen LogP contribution in [0.2, 0.25) is 0 Å². The van der Waals surface area contributed by atoms with Crippen molar-refractivity contribution in [2.45, 2.75) is 11.3 Å². The van der Waals surface area contributed by atoms with Crippen LogP contribution in [0.5, 0.6) is 5.75 Å². The van der Waals surface area contributed by atoms with Gasteiger partial charge in [0.2, 0.25) is 0 Å². The van der Waals surface area contributed by atoms with Crippen molar-refractivity contribution in [2.24, 2.45) is 0 Å². The van der Waals surface area contributed by atoms with Gasteiger partial charge in [-0.15, -0.1) is 11.3 Å². The summed E-state index contributed by atoms with van der Waals surface area (Å²) in [5.74, 6) is 1.50. The molecule has 2 aromatic carbocycles. The number of nitrogens with zero attached hydrogens (tertiary/aromatic N) is 1. The molecule has 0 aliphatic rings. The zero-order chi connectivity index (χ0) is 17.2. The van der Waals surface area contributed by atoms with Gasteiger partial charge in [0.1, 0.15) is 11.3 Å². The number of para-hydroxylation sites is 1. The minimum atomic E-state index is -0.339. The number of rotatable bonds is 5. The summed E-state index contributed by atoms with van der Waals surface area (Å²) in [6.07, 6.45) is 0. The van der Waals surface area contributed by atoms with E-state index in [4.69, 9.17) is 9.15 Å². The zero-order valence-electron chi connectivity index (χ0n) is 13.5. The molecule has 0 saturated carbocycles. The molecule has 4 aromatic rings. The van der Waals surface area contributed by atoms with Gasteiger partial charge in [-0.3, -0.25) is 0 Å². The zero-order valence-corrected chi connectivity index (χ0v) is 15.2. The number of thioether (sulfide) groups is 1. The average Bonchev–Trinajstić information content (AvgIpc) is 3.01. The van der Waals surface area contributed by atoms with Crippen molar-refractivity contribution < 1.29 is 9.15 Å². The Kier molecular flexibility index (Phi) is 4.46. The van der Waals surface area contributed by atoms with Crippen molar-refractivity contribution in [3.8, 4) is 5.75 Å². The van der Waals surface area contributed by atoms with Crippen LogP contribution in [0.4, 0.5) is 0 Å². The molecule has 0 aliphatic carbocycles. The average molecular weight is 369 g/mol. The normalized spacial score (nSPS) is 11.2. The van der Waals surface area contributed by atoms with Gasteiger partial charge in [0, 0.05) is 23.3 Å². The highest BCUT2D eigenvalue weighted by Gasteiger charge is 2.06. The van der Waals surface area contributed by atoms with Gasteiger partial charge < -0.3 is 9.15 Å².